The second kappa shape index (κ2) is 8.87. The van der Waals surface area contributed by atoms with Gasteiger partial charge in [0.1, 0.15) is 15.8 Å². The summed E-state index contributed by atoms with van der Waals surface area (Å²) < 4.78 is 12.0. The number of rotatable bonds is 7. The molecule has 2 aromatic carbocycles. The van der Waals surface area contributed by atoms with Crippen LogP contribution in [0.4, 0.5) is 0 Å². The lowest BCUT2D eigenvalue weighted by Crippen LogP contribution is -2.17. The molecule has 6 heteroatoms. The largest absolute Gasteiger partial charge is 0.493 e. The van der Waals surface area contributed by atoms with Crippen LogP contribution >= 0.6 is 24.0 Å². The molecule has 0 spiro atoms. The molecule has 0 unspecified atom stereocenters. The fourth-order valence-electron chi connectivity index (χ4n) is 2.27. The Labute approximate surface area is 162 Å². The van der Waals surface area contributed by atoms with Crippen LogP contribution in [0.5, 0.6) is 11.5 Å². The molecule has 1 fully saturated rings. The number of thiocarbonyl (C=S) groups is 1. The first-order valence-electron chi connectivity index (χ1n) is 8.26. The van der Waals surface area contributed by atoms with E-state index in [-0.39, 0.29) is 11.8 Å². The van der Waals surface area contributed by atoms with E-state index in [1.54, 1.807) is 0 Å². The number of thioether (sulfide) groups is 1. The first kappa shape index (κ1) is 18.5. The van der Waals surface area contributed by atoms with Gasteiger partial charge in [0.25, 0.3) is 5.91 Å². The fourth-order valence-corrected chi connectivity index (χ4v) is 3.32. The van der Waals surface area contributed by atoms with E-state index in [0.29, 0.717) is 22.4 Å². The number of hydrogen-bond acceptors (Lipinski definition) is 5. The maximum Gasteiger partial charge on any atom is 0.263 e. The van der Waals surface area contributed by atoms with Crippen LogP contribution in [0.1, 0.15) is 12.5 Å². The number of para-hydroxylation sites is 1. The summed E-state index contributed by atoms with van der Waals surface area (Å²) in [7, 11) is 0. The average molecular weight is 386 g/mol. The van der Waals surface area contributed by atoms with E-state index >= 15 is 0 Å². The number of amides is 1. The van der Waals surface area contributed by atoms with Crippen LogP contribution in [-0.4, -0.2) is 23.4 Å². The van der Waals surface area contributed by atoms with Crippen molar-refractivity contribution in [2.24, 2.45) is 5.92 Å². The van der Waals surface area contributed by atoms with E-state index in [1.807, 2.05) is 60.7 Å². The highest BCUT2D eigenvalue weighted by atomic mass is 32.2. The zero-order valence-corrected chi connectivity index (χ0v) is 15.9. The highest BCUT2D eigenvalue weighted by molar-refractivity contribution is 8.26. The van der Waals surface area contributed by atoms with E-state index in [2.05, 4.69) is 12.2 Å². The summed E-state index contributed by atoms with van der Waals surface area (Å²) in [5.74, 6) is 1.77. The van der Waals surface area contributed by atoms with Gasteiger partial charge >= 0.3 is 0 Å². The van der Waals surface area contributed by atoms with E-state index in [9.17, 15) is 4.79 Å². The molecule has 0 radical (unpaired) electrons. The topological polar surface area (TPSA) is 47.6 Å². The molecular weight excluding hydrogens is 366 g/mol. The number of benzene rings is 2. The Morgan fingerprint density at radius 3 is 2.23 bits per heavy atom. The van der Waals surface area contributed by atoms with E-state index in [0.717, 1.165) is 17.1 Å². The summed E-state index contributed by atoms with van der Waals surface area (Å²) in [4.78, 5) is 12.3. The number of ether oxygens (including phenoxy) is 2. The minimum absolute atomic E-state index is 0.146. The zero-order valence-electron chi connectivity index (χ0n) is 14.3. The zero-order chi connectivity index (χ0) is 18.4. The molecule has 1 aliphatic rings. The van der Waals surface area contributed by atoms with Crippen LogP contribution in [0.3, 0.4) is 0 Å². The number of hydrogen-bond donors (Lipinski definition) is 1. The van der Waals surface area contributed by atoms with Crippen molar-refractivity contribution in [2.45, 2.75) is 6.92 Å². The molecule has 1 atom stereocenters. The Hall–Kier alpha value is -2.31. The van der Waals surface area contributed by atoms with Crippen LogP contribution in [0.2, 0.25) is 0 Å². The van der Waals surface area contributed by atoms with Crippen molar-refractivity contribution >= 4 is 40.3 Å². The van der Waals surface area contributed by atoms with Crippen molar-refractivity contribution in [3.8, 4) is 11.5 Å². The first-order valence-corrected chi connectivity index (χ1v) is 9.48. The number of nitrogens with one attached hydrogen (secondary N) is 1. The molecule has 1 aliphatic heterocycles. The molecule has 1 saturated heterocycles. The molecule has 2 aromatic rings. The SMILES string of the molecule is C[C@H](COc1ccccc1)COc1ccc(/C=C2/SC(=S)NC2=O)cc1. The van der Waals surface area contributed by atoms with Crippen molar-refractivity contribution in [1.82, 2.24) is 5.32 Å². The Morgan fingerprint density at radius 2 is 1.65 bits per heavy atom. The molecule has 134 valence electrons. The molecule has 3 rings (SSSR count). The summed E-state index contributed by atoms with van der Waals surface area (Å²) in [6.07, 6.45) is 1.82. The molecule has 0 saturated carbocycles. The Morgan fingerprint density at radius 1 is 1.04 bits per heavy atom. The van der Waals surface area contributed by atoms with Gasteiger partial charge in [-0.25, -0.2) is 0 Å². The Balaban J connectivity index is 1.47. The van der Waals surface area contributed by atoms with Gasteiger partial charge in [-0.15, -0.1) is 0 Å². The summed E-state index contributed by atoms with van der Waals surface area (Å²) >= 11 is 6.26. The minimum Gasteiger partial charge on any atom is -0.493 e. The highest BCUT2D eigenvalue weighted by Gasteiger charge is 2.21. The first-order chi connectivity index (χ1) is 12.6. The van der Waals surface area contributed by atoms with Crippen molar-refractivity contribution in [2.75, 3.05) is 13.2 Å². The third kappa shape index (κ3) is 5.34. The molecule has 0 aromatic heterocycles. The summed E-state index contributed by atoms with van der Waals surface area (Å²) in [5.41, 5.74) is 0.931. The lowest BCUT2D eigenvalue weighted by molar-refractivity contribution is -0.115. The molecule has 26 heavy (non-hydrogen) atoms. The fraction of sp³-hybridized carbons (Fsp3) is 0.200. The van der Waals surface area contributed by atoms with E-state index in [1.165, 1.54) is 11.8 Å². The maximum atomic E-state index is 11.7. The van der Waals surface area contributed by atoms with Gasteiger partial charge in [0, 0.05) is 5.92 Å². The number of carbonyl (C=O) groups excluding carboxylic acids is 1. The van der Waals surface area contributed by atoms with Gasteiger partial charge in [0.15, 0.2) is 0 Å². The smallest absolute Gasteiger partial charge is 0.263 e. The maximum absolute atomic E-state index is 11.7. The standard InChI is InChI=1S/C20H19NO3S2/c1-14(12-23-16-5-3-2-4-6-16)13-24-17-9-7-15(8-10-17)11-18-19(22)21-20(25)26-18/h2-11,14H,12-13H2,1H3,(H,21,22,25)/b18-11+/t14-/m1/s1. The molecule has 1 amide bonds. The van der Waals surface area contributed by atoms with Gasteiger partial charge in [0.05, 0.1) is 18.1 Å². The van der Waals surface area contributed by atoms with Crippen LogP contribution in [0.15, 0.2) is 59.5 Å². The summed E-state index contributed by atoms with van der Waals surface area (Å²) in [6, 6.07) is 17.4. The van der Waals surface area contributed by atoms with Gasteiger partial charge in [0.2, 0.25) is 0 Å². The lowest BCUT2D eigenvalue weighted by atomic mass is 10.2. The van der Waals surface area contributed by atoms with Gasteiger partial charge in [-0.3, -0.25) is 4.79 Å². The summed E-state index contributed by atoms with van der Waals surface area (Å²) in [5, 5.41) is 2.61. The monoisotopic (exact) mass is 385 g/mol. The second-order valence-corrected chi connectivity index (χ2v) is 7.68. The van der Waals surface area contributed by atoms with Gasteiger partial charge in [-0.2, -0.15) is 0 Å². The van der Waals surface area contributed by atoms with E-state index < -0.39 is 0 Å². The predicted molar refractivity (Wildman–Crippen MR) is 109 cm³/mol. The second-order valence-electron chi connectivity index (χ2n) is 5.96. The molecule has 1 N–H and O–H groups in total. The predicted octanol–water partition coefficient (Wildman–Crippen LogP) is 4.27. The van der Waals surface area contributed by atoms with Gasteiger partial charge < -0.3 is 14.8 Å². The van der Waals surface area contributed by atoms with Gasteiger partial charge in [-0.1, -0.05) is 61.2 Å². The van der Waals surface area contributed by atoms with Crippen LogP contribution in [0, 0.1) is 5.92 Å². The van der Waals surface area contributed by atoms with Crippen molar-refractivity contribution in [1.29, 1.82) is 0 Å². The molecule has 4 nitrogen and oxygen atoms in total. The van der Waals surface area contributed by atoms with Crippen molar-refractivity contribution in [3.05, 3.63) is 65.1 Å². The quantitative estimate of drug-likeness (QED) is 0.570. The third-order valence-corrected chi connectivity index (χ3v) is 4.79. The molecular formula is C20H19NO3S2. The molecule has 0 aliphatic carbocycles. The molecule has 1 heterocycles. The van der Waals surface area contributed by atoms with E-state index in [4.69, 9.17) is 21.7 Å². The lowest BCUT2D eigenvalue weighted by Gasteiger charge is -2.14. The number of carbonyl (C=O) groups is 1. The summed E-state index contributed by atoms with van der Waals surface area (Å²) in [6.45, 7) is 3.25. The van der Waals surface area contributed by atoms with Crippen molar-refractivity contribution < 1.29 is 14.3 Å². The van der Waals surface area contributed by atoms with Crippen LogP contribution < -0.4 is 14.8 Å². The normalized spacial score (nSPS) is 16.4. The Bertz CT molecular complexity index is 804. The third-order valence-electron chi connectivity index (χ3n) is 3.63. The Kier molecular flexibility index (Phi) is 6.30. The van der Waals surface area contributed by atoms with Crippen LogP contribution in [-0.2, 0) is 4.79 Å². The average Bonchev–Trinajstić information content (AvgIpc) is 2.97. The minimum atomic E-state index is -0.146. The van der Waals surface area contributed by atoms with Crippen molar-refractivity contribution in [3.63, 3.8) is 0 Å². The van der Waals surface area contributed by atoms with Gasteiger partial charge in [-0.05, 0) is 35.9 Å². The molecule has 0 bridgehead atoms. The highest BCUT2D eigenvalue weighted by Crippen LogP contribution is 2.26. The van der Waals surface area contributed by atoms with Crippen LogP contribution in [0.25, 0.3) is 6.08 Å².